The van der Waals surface area contributed by atoms with Gasteiger partial charge in [0.1, 0.15) is 5.52 Å². The Morgan fingerprint density at radius 2 is 1.95 bits per heavy atom. The molecule has 0 spiro atoms. The van der Waals surface area contributed by atoms with Crippen molar-refractivity contribution in [3.05, 3.63) is 29.7 Å². The highest BCUT2D eigenvalue weighted by Crippen LogP contribution is 2.36. The summed E-state index contributed by atoms with van der Waals surface area (Å²) in [4.78, 5) is 4.58. The molecule has 2 aromatic rings. The first-order chi connectivity index (χ1) is 9.08. The van der Waals surface area contributed by atoms with Crippen LogP contribution < -0.4 is 5.73 Å². The van der Waals surface area contributed by atoms with Crippen molar-refractivity contribution in [2.24, 2.45) is 5.73 Å². The molecule has 1 aromatic heterocycles. The number of oxazole rings is 1. The summed E-state index contributed by atoms with van der Waals surface area (Å²) >= 11 is 0. The molecule has 19 heavy (non-hydrogen) atoms. The molecular formula is C16H22N2O. The second kappa shape index (κ2) is 4.64. The minimum Gasteiger partial charge on any atom is -0.440 e. The van der Waals surface area contributed by atoms with Crippen LogP contribution in [-0.4, -0.2) is 4.98 Å². The van der Waals surface area contributed by atoms with Gasteiger partial charge in [-0.3, -0.25) is 0 Å². The van der Waals surface area contributed by atoms with Gasteiger partial charge in [0, 0.05) is 11.5 Å². The van der Waals surface area contributed by atoms with Gasteiger partial charge in [-0.05, 0) is 30.5 Å². The molecule has 1 aromatic carbocycles. The van der Waals surface area contributed by atoms with Crippen molar-refractivity contribution in [1.29, 1.82) is 0 Å². The Morgan fingerprint density at radius 3 is 2.63 bits per heavy atom. The standard InChI is InChI=1S/C16H22N2O/c1-11(2)15-18-13-10-12(6-7-14(13)19-15)16(17)8-4-3-5-9-16/h6-7,10-11H,3-5,8-9,17H2,1-2H3. The molecule has 1 saturated carbocycles. The Balaban J connectivity index is 2.01. The van der Waals surface area contributed by atoms with Gasteiger partial charge in [-0.2, -0.15) is 0 Å². The third kappa shape index (κ3) is 2.27. The number of hydrogen-bond acceptors (Lipinski definition) is 3. The van der Waals surface area contributed by atoms with Gasteiger partial charge in [0.05, 0.1) is 0 Å². The normalized spacial score (nSPS) is 19.2. The monoisotopic (exact) mass is 258 g/mol. The van der Waals surface area contributed by atoms with Gasteiger partial charge >= 0.3 is 0 Å². The Labute approximate surface area is 114 Å². The second-order valence-corrected chi connectivity index (χ2v) is 6.11. The third-order valence-corrected chi connectivity index (χ3v) is 4.22. The van der Waals surface area contributed by atoms with Crippen molar-refractivity contribution in [1.82, 2.24) is 4.98 Å². The number of aromatic nitrogens is 1. The maximum Gasteiger partial charge on any atom is 0.198 e. The molecule has 0 unspecified atom stereocenters. The highest BCUT2D eigenvalue weighted by atomic mass is 16.3. The Hall–Kier alpha value is -1.35. The first-order valence-electron chi connectivity index (χ1n) is 7.28. The Bertz CT molecular complexity index is 579. The van der Waals surface area contributed by atoms with Crippen LogP contribution in [-0.2, 0) is 5.54 Å². The summed E-state index contributed by atoms with van der Waals surface area (Å²) in [5, 5.41) is 0. The second-order valence-electron chi connectivity index (χ2n) is 6.11. The minimum atomic E-state index is -0.163. The molecule has 2 N–H and O–H groups in total. The van der Waals surface area contributed by atoms with Crippen LogP contribution >= 0.6 is 0 Å². The predicted octanol–water partition coefficient (Wildman–Crippen LogP) is 4.07. The van der Waals surface area contributed by atoms with Gasteiger partial charge in [-0.1, -0.05) is 39.2 Å². The zero-order valence-electron chi connectivity index (χ0n) is 11.8. The molecule has 1 aliphatic rings. The van der Waals surface area contributed by atoms with Crippen molar-refractivity contribution in [3.8, 4) is 0 Å². The zero-order chi connectivity index (χ0) is 13.5. The van der Waals surface area contributed by atoms with Gasteiger partial charge in [0.2, 0.25) is 0 Å². The van der Waals surface area contributed by atoms with E-state index in [1.54, 1.807) is 0 Å². The molecule has 3 rings (SSSR count). The molecule has 3 nitrogen and oxygen atoms in total. The van der Waals surface area contributed by atoms with E-state index in [1.807, 2.05) is 6.07 Å². The number of nitrogens with zero attached hydrogens (tertiary/aromatic N) is 1. The summed E-state index contributed by atoms with van der Waals surface area (Å²) in [5.74, 6) is 1.12. The molecule has 0 saturated heterocycles. The lowest BCUT2D eigenvalue weighted by Gasteiger charge is -2.33. The summed E-state index contributed by atoms with van der Waals surface area (Å²) in [6, 6.07) is 6.26. The summed E-state index contributed by atoms with van der Waals surface area (Å²) in [5.41, 5.74) is 9.44. The van der Waals surface area contributed by atoms with E-state index in [-0.39, 0.29) is 5.54 Å². The zero-order valence-corrected chi connectivity index (χ0v) is 11.8. The molecule has 1 fully saturated rings. The van der Waals surface area contributed by atoms with Gasteiger partial charge in [-0.25, -0.2) is 4.98 Å². The number of benzene rings is 1. The fourth-order valence-electron chi connectivity index (χ4n) is 2.97. The summed E-state index contributed by atoms with van der Waals surface area (Å²) in [6.45, 7) is 4.19. The molecule has 102 valence electrons. The van der Waals surface area contributed by atoms with E-state index in [2.05, 4.69) is 31.0 Å². The molecule has 0 bridgehead atoms. The van der Waals surface area contributed by atoms with Crippen LogP contribution in [0.4, 0.5) is 0 Å². The van der Waals surface area contributed by atoms with Crippen LogP contribution in [0.1, 0.15) is 63.3 Å². The van der Waals surface area contributed by atoms with E-state index < -0.39 is 0 Å². The molecule has 0 radical (unpaired) electrons. The maximum atomic E-state index is 6.58. The van der Waals surface area contributed by atoms with Crippen LogP contribution in [0, 0.1) is 0 Å². The summed E-state index contributed by atoms with van der Waals surface area (Å²) in [7, 11) is 0. The van der Waals surface area contributed by atoms with Crippen LogP contribution in [0.25, 0.3) is 11.1 Å². The summed E-state index contributed by atoms with van der Waals surface area (Å²) in [6.07, 6.45) is 5.92. The smallest absolute Gasteiger partial charge is 0.198 e. The maximum absolute atomic E-state index is 6.58. The molecule has 1 heterocycles. The fraction of sp³-hybridized carbons (Fsp3) is 0.562. The number of hydrogen-bond donors (Lipinski definition) is 1. The van der Waals surface area contributed by atoms with Crippen molar-refractivity contribution < 1.29 is 4.42 Å². The molecule has 0 aliphatic heterocycles. The first kappa shape index (κ1) is 12.7. The molecule has 0 atom stereocenters. The Kier molecular flexibility index (Phi) is 3.09. The van der Waals surface area contributed by atoms with E-state index in [4.69, 9.17) is 10.2 Å². The lowest BCUT2D eigenvalue weighted by Crippen LogP contribution is -2.38. The lowest BCUT2D eigenvalue weighted by atomic mass is 9.77. The van der Waals surface area contributed by atoms with E-state index in [0.29, 0.717) is 5.92 Å². The lowest BCUT2D eigenvalue weighted by molar-refractivity contribution is 0.302. The van der Waals surface area contributed by atoms with Gasteiger partial charge in [0.15, 0.2) is 11.5 Å². The molecule has 3 heteroatoms. The quantitative estimate of drug-likeness (QED) is 0.883. The fourth-order valence-corrected chi connectivity index (χ4v) is 2.97. The van der Waals surface area contributed by atoms with Crippen molar-refractivity contribution in [3.63, 3.8) is 0 Å². The molecule has 1 aliphatic carbocycles. The number of rotatable bonds is 2. The van der Waals surface area contributed by atoms with E-state index >= 15 is 0 Å². The van der Waals surface area contributed by atoms with Crippen LogP contribution in [0.15, 0.2) is 22.6 Å². The largest absolute Gasteiger partial charge is 0.440 e. The molecular weight excluding hydrogens is 236 g/mol. The van der Waals surface area contributed by atoms with E-state index in [9.17, 15) is 0 Å². The van der Waals surface area contributed by atoms with E-state index in [1.165, 1.54) is 24.8 Å². The van der Waals surface area contributed by atoms with Crippen molar-refractivity contribution >= 4 is 11.1 Å². The Morgan fingerprint density at radius 1 is 1.21 bits per heavy atom. The highest BCUT2D eigenvalue weighted by Gasteiger charge is 2.29. The van der Waals surface area contributed by atoms with Gasteiger partial charge in [0.25, 0.3) is 0 Å². The van der Waals surface area contributed by atoms with Gasteiger partial charge < -0.3 is 10.2 Å². The van der Waals surface area contributed by atoms with Crippen molar-refractivity contribution in [2.45, 2.75) is 57.4 Å². The van der Waals surface area contributed by atoms with Crippen molar-refractivity contribution in [2.75, 3.05) is 0 Å². The third-order valence-electron chi connectivity index (χ3n) is 4.22. The number of nitrogens with two attached hydrogens (primary N) is 1. The van der Waals surface area contributed by atoms with Crippen LogP contribution in [0.3, 0.4) is 0 Å². The van der Waals surface area contributed by atoms with Gasteiger partial charge in [-0.15, -0.1) is 0 Å². The topological polar surface area (TPSA) is 52.0 Å². The van der Waals surface area contributed by atoms with E-state index in [0.717, 1.165) is 29.8 Å². The first-order valence-corrected chi connectivity index (χ1v) is 7.28. The minimum absolute atomic E-state index is 0.163. The SMILES string of the molecule is CC(C)c1nc2cc(C3(N)CCCCC3)ccc2o1. The highest BCUT2D eigenvalue weighted by molar-refractivity contribution is 5.74. The number of fused-ring (bicyclic) bond motifs is 1. The molecule has 0 amide bonds. The average Bonchev–Trinajstić information content (AvgIpc) is 2.82. The predicted molar refractivity (Wildman–Crippen MR) is 77.0 cm³/mol. The van der Waals surface area contributed by atoms with Crippen LogP contribution in [0.2, 0.25) is 0 Å². The van der Waals surface area contributed by atoms with Crippen LogP contribution in [0.5, 0.6) is 0 Å². The summed E-state index contributed by atoms with van der Waals surface area (Å²) < 4.78 is 5.75. The average molecular weight is 258 g/mol.